The smallest absolute Gasteiger partial charge is 0.423 e. The van der Waals surface area contributed by atoms with E-state index in [9.17, 15) is 19.5 Å². The molecule has 3 amide bonds. The second-order valence-corrected chi connectivity index (χ2v) is 9.74. The highest BCUT2D eigenvalue weighted by atomic mass is 16.5. The van der Waals surface area contributed by atoms with E-state index in [1.807, 2.05) is 12.1 Å². The van der Waals surface area contributed by atoms with Crippen molar-refractivity contribution >= 4 is 24.0 Å². The molecule has 2 fully saturated rings. The molecule has 188 valence electrons. The Balaban J connectivity index is 1.57. The first-order valence-electron chi connectivity index (χ1n) is 12.7. The van der Waals surface area contributed by atoms with Crippen molar-refractivity contribution in [2.75, 3.05) is 13.7 Å². The summed E-state index contributed by atoms with van der Waals surface area (Å²) >= 11 is 0. The van der Waals surface area contributed by atoms with E-state index in [1.165, 1.54) is 23.8 Å². The van der Waals surface area contributed by atoms with E-state index >= 15 is 0 Å². The zero-order chi connectivity index (χ0) is 25.1. The summed E-state index contributed by atoms with van der Waals surface area (Å²) in [6.07, 6.45) is 7.07. The molecule has 0 aromatic heterocycles. The Labute approximate surface area is 206 Å². The molecule has 2 aliphatic heterocycles. The van der Waals surface area contributed by atoms with E-state index in [0.717, 1.165) is 44.1 Å². The SMILES string of the molecule is CCCC1=C2[C@@H](CC/C(=C/c3cccc(O)c3)CCC)OC[C@@H]2[C@@H]2C(=O)N(C(=O)OC)C(=O)[C@@H]2C1. The van der Waals surface area contributed by atoms with Crippen LogP contribution in [-0.4, -0.2) is 47.7 Å². The second-order valence-electron chi connectivity index (χ2n) is 9.74. The van der Waals surface area contributed by atoms with Gasteiger partial charge < -0.3 is 14.6 Å². The van der Waals surface area contributed by atoms with Crippen molar-refractivity contribution < 1.29 is 29.0 Å². The molecule has 0 radical (unpaired) electrons. The van der Waals surface area contributed by atoms with Gasteiger partial charge in [-0.1, -0.05) is 56.0 Å². The van der Waals surface area contributed by atoms with Crippen LogP contribution in [0.5, 0.6) is 5.75 Å². The lowest BCUT2D eigenvalue weighted by Crippen LogP contribution is -2.38. The number of methoxy groups -OCH3 is 1. The Bertz CT molecular complexity index is 1060. The van der Waals surface area contributed by atoms with E-state index in [-0.39, 0.29) is 17.8 Å². The molecule has 4 atom stereocenters. The molecule has 0 spiro atoms. The maximum Gasteiger partial charge on any atom is 0.423 e. The minimum atomic E-state index is -0.898. The number of carbonyl (C=O) groups is 3. The van der Waals surface area contributed by atoms with Crippen LogP contribution in [0.15, 0.2) is 41.0 Å². The third-order valence-corrected chi connectivity index (χ3v) is 7.46. The van der Waals surface area contributed by atoms with E-state index in [4.69, 9.17) is 9.47 Å². The molecule has 1 aromatic rings. The summed E-state index contributed by atoms with van der Waals surface area (Å²) < 4.78 is 11.0. The fraction of sp³-hybridized carbons (Fsp3) is 0.536. The number of hydrogen-bond acceptors (Lipinski definition) is 6. The average molecular weight is 482 g/mol. The van der Waals surface area contributed by atoms with Gasteiger partial charge in [0, 0.05) is 5.92 Å². The summed E-state index contributed by atoms with van der Waals surface area (Å²) in [5.41, 5.74) is 4.65. The maximum absolute atomic E-state index is 13.1. The number of phenolic OH excluding ortho intramolecular Hbond substituents is 1. The zero-order valence-electron chi connectivity index (χ0n) is 20.8. The monoisotopic (exact) mass is 481 g/mol. The maximum atomic E-state index is 13.1. The van der Waals surface area contributed by atoms with Crippen molar-refractivity contribution in [3.05, 3.63) is 46.5 Å². The van der Waals surface area contributed by atoms with Gasteiger partial charge in [0.15, 0.2) is 0 Å². The summed E-state index contributed by atoms with van der Waals surface area (Å²) in [4.78, 5) is 39.0. The first kappa shape index (κ1) is 25.2. The average Bonchev–Trinajstić information content (AvgIpc) is 3.36. The first-order valence-corrected chi connectivity index (χ1v) is 12.7. The number of benzene rings is 1. The van der Waals surface area contributed by atoms with Gasteiger partial charge in [0.25, 0.3) is 0 Å². The Kier molecular flexibility index (Phi) is 7.75. The van der Waals surface area contributed by atoms with Crippen LogP contribution in [0.25, 0.3) is 6.08 Å². The quantitative estimate of drug-likeness (QED) is 0.403. The van der Waals surface area contributed by atoms with Gasteiger partial charge in [0.05, 0.1) is 31.7 Å². The van der Waals surface area contributed by atoms with E-state index in [1.54, 1.807) is 12.1 Å². The van der Waals surface area contributed by atoms with Gasteiger partial charge in [-0.3, -0.25) is 9.59 Å². The predicted octanol–water partition coefficient (Wildman–Crippen LogP) is 5.24. The van der Waals surface area contributed by atoms with Crippen LogP contribution in [0.2, 0.25) is 0 Å². The van der Waals surface area contributed by atoms with Crippen molar-refractivity contribution in [2.24, 2.45) is 17.8 Å². The van der Waals surface area contributed by atoms with Crippen LogP contribution >= 0.6 is 0 Å². The summed E-state index contributed by atoms with van der Waals surface area (Å²) in [6.45, 7) is 4.65. The standard InChI is InChI=1S/C28H35NO6/c1-4-7-17(13-18-9-6-10-20(30)14-18)11-12-23-24-19(8-5-2)15-21-25(22(24)16-35-23)27(32)29(26(21)31)28(33)34-3/h6,9-10,13-14,21-23,25,30H,4-5,7-8,11-12,15-16H2,1-3H3/b17-13+/t21-,22+,23-,25-/m1/s1. The largest absolute Gasteiger partial charge is 0.508 e. The normalized spacial score (nSPS) is 26.3. The molecule has 4 rings (SSSR count). The van der Waals surface area contributed by atoms with Gasteiger partial charge in [-0.05, 0) is 55.4 Å². The number of likely N-dealkylation sites (tertiary alicyclic amines) is 1. The molecule has 0 saturated carbocycles. The Morgan fingerprint density at radius 3 is 2.66 bits per heavy atom. The van der Waals surface area contributed by atoms with Gasteiger partial charge in [-0.15, -0.1) is 0 Å². The second kappa shape index (κ2) is 10.8. The number of rotatable bonds is 8. The lowest BCUT2D eigenvalue weighted by molar-refractivity contribution is -0.137. The van der Waals surface area contributed by atoms with Crippen LogP contribution in [0.3, 0.4) is 0 Å². The molecule has 2 heterocycles. The molecule has 1 N–H and O–H groups in total. The van der Waals surface area contributed by atoms with Crippen LogP contribution in [0, 0.1) is 17.8 Å². The van der Waals surface area contributed by atoms with E-state index in [2.05, 4.69) is 19.9 Å². The van der Waals surface area contributed by atoms with Gasteiger partial charge in [-0.25, -0.2) is 4.79 Å². The van der Waals surface area contributed by atoms with Gasteiger partial charge in [0.2, 0.25) is 11.8 Å². The molecule has 1 aliphatic carbocycles. The summed E-state index contributed by atoms with van der Waals surface area (Å²) in [7, 11) is 1.18. The molecule has 35 heavy (non-hydrogen) atoms. The summed E-state index contributed by atoms with van der Waals surface area (Å²) in [5, 5.41) is 9.81. The number of nitrogens with zero attached hydrogens (tertiary/aromatic N) is 1. The number of amides is 3. The highest BCUT2D eigenvalue weighted by Crippen LogP contribution is 2.50. The third kappa shape index (κ3) is 4.92. The number of fused-ring (bicyclic) bond motifs is 3. The van der Waals surface area contributed by atoms with Gasteiger partial charge in [0.1, 0.15) is 5.75 Å². The molecular formula is C28H35NO6. The molecule has 3 aliphatic rings. The fourth-order valence-corrected chi connectivity index (χ4v) is 6.04. The number of aromatic hydroxyl groups is 1. The third-order valence-electron chi connectivity index (χ3n) is 7.46. The summed E-state index contributed by atoms with van der Waals surface area (Å²) in [5.74, 6) is -1.89. The number of hydrogen-bond donors (Lipinski definition) is 1. The van der Waals surface area contributed by atoms with E-state index < -0.39 is 29.7 Å². The minimum Gasteiger partial charge on any atom is -0.508 e. The van der Waals surface area contributed by atoms with E-state index in [0.29, 0.717) is 17.9 Å². The number of ether oxygens (including phenoxy) is 2. The van der Waals surface area contributed by atoms with Crippen molar-refractivity contribution in [1.82, 2.24) is 4.90 Å². The van der Waals surface area contributed by atoms with Gasteiger partial charge in [-0.2, -0.15) is 4.90 Å². The van der Waals surface area contributed by atoms with Crippen LogP contribution < -0.4 is 0 Å². The number of phenols is 1. The highest BCUT2D eigenvalue weighted by Gasteiger charge is 2.58. The minimum absolute atomic E-state index is 0.0954. The lowest BCUT2D eigenvalue weighted by Gasteiger charge is -2.32. The molecule has 0 unspecified atom stereocenters. The Morgan fingerprint density at radius 1 is 1.17 bits per heavy atom. The summed E-state index contributed by atoms with van der Waals surface area (Å²) in [6, 6.07) is 7.25. The molecule has 0 bridgehead atoms. The molecular weight excluding hydrogens is 446 g/mol. The Morgan fingerprint density at radius 2 is 1.97 bits per heavy atom. The predicted molar refractivity (Wildman–Crippen MR) is 131 cm³/mol. The Hall–Kier alpha value is -2.93. The van der Waals surface area contributed by atoms with Crippen molar-refractivity contribution in [3.8, 4) is 5.75 Å². The van der Waals surface area contributed by atoms with Crippen LogP contribution in [0.1, 0.15) is 64.4 Å². The van der Waals surface area contributed by atoms with Crippen molar-refractivity contribution in [3.63, 3.8) is 0 Å². The fourth-order valence-electron chi connectivity index (χ4n) is 6.04. The molecule has 2 saturated heterocycles. The zero-order valence-corrected chi connectivity index (χ0v) is 20.8. The number of imide groups is 3. The van der Waals surface area contributed by atoms with Gasteiger partial charge >= 0.3 is 6.09 Å². The number of carbonyl (C=O) groups excluding carboxylic acids is 3. The highest BCUT2D eigenvalue weighted by molar-refractivity contribution is 6.16. The lowest BCUT2D eigenvalue weighted by atomic mass is 9.68. The molecule has 7 heteroatoms. The molecule has 1 aromatic carbocycles. The van der Waals surface area contributed by atoms with Crippen molar-refractivity contribution in [1.29, 1.82) is 0 Å². The number of allylic oxidation sites excluding steroid dienone is 2. The van der Waals surface area contributed by atoms with Crippen LogP contribution in [0.4, 0.5) is 4.79 Å². The first-order chi connectivity index (χ1) is 16.9. The van der Waals surface area contributed by atoms with Crippen molar-refractivity contribution in [2.45, 2.75) is 64.9 Å². The topological polar surface area (TPSA) is 93.1 Å². The van der Waals surface area contributed by atoms with Crippen LogP contribution in [-0.2, 0) is 19.1 Å². The molecule has 7 nitrogen and oxygen atoms in total.